The maximum Gasteiger partial charge on any atom is 0.0237 e. The summed E-state index contributed by atoms with van der Waals surface area (Å²) in [4.78, 5) is 2.52. The van der Waals surface area contributed by atoms with Crippen LogP contribution in [-0.2, 0) is 0 Å². The van der Waals surface area contributed by atoms with Crippen molar-refractivity contribution in [1.82, 2.24) is 10.2 Å². The summed E-state index contributed by atoms with van der Waals surface area (Å²) in [5, 5.41) is 3.69. The minimum absolute atomic E-state index is 0.253. The van der Waals surface area contributed by atoms with E-state index in [2.05, 4.69) is 44.8 Å². The number of rotatable bonds is 2. The lowest BCUT2D eigenvalue weighted by molar-refractivity contribution is 0.315. The molecule has 1 aliphatic heterocycles. The summed E-state index contributed by atoms with van der Waals surface area (Å²) in [6.07, 6.45) is 0. The van der Waals surface area contributed by atoms with E-state index >= 15 is 0 Å². The van der Waals surface area contributed by atoms with Crippen LogP contribution in [-0.4, -0.2) is 36.1 Å². The molecule has 1 aliphatic rings. The van der Waals surface area contributed by atoms with E-state index in [0.29, 0.717) is 6.04 Å². The average Bonchev–Trinajstić information content (AvgIpc) is 2.29. The fourth-order valence-corrected chi connectivity index (χ4v) is 2.07. The summed E-state index contributed by atoms with van der Waals surface area (Å²) in [5.41, 5.74) is 0.253. The predicted molar refractivity (Wildman–Crippen MR) is 58.0 cm³/mol. The van der Waals surface area contributed by atoms with Crippen molar-refractivity contribution >= 4 is 0 Å². The summed E-state index contributed by atoms with van der Waals surface area (Å²) in [6.45, 7) is 15.0. The quantitative estimate of drug-likeness (QED) is 0.703. The third kappa shape index (κ3) is 3.28. The second-order valence-electron chi connectivity index (χ2n) is 5.33. The van der Waals surface area contributed by atoms with E-state index < -0.39 is 0 Å². The Morgan fingerprint density at radius 1 is 1.31 bits per heavy atom. The predicted octanol–water partition coefficient (Wildman–Crippen LogP) is 1.71. The topological polar surface area (TPSA) is 15.3 Å². The van der Waals surface area contributed by atoms with Gasteiger partial charge in [0.25, 0.3) is 0 Å². The minimum atomic E-state index is 0.253. The van der Waals surface area contributed by atoms with Crippen LogP contribution in [0.25, 0.3) is 0 Å². The second kappa shape index (κ2) is 3.97. The van der Waals surface area contributed by atoms with Gasteiger partial charge in [0, 0.05) is 24.7 Å². The fourth-order valence-electron chi connectivity index (χ4n) is 2.07. The van der Waals surface area contributed by atoms with Crippen molar-refractivity contribution in [3.63, 3.8) is 0 Å². The molecule has 1 rings (SSSR count). The molecule has 2 heteroatoms. The van der Waals surface area contributed by atoms with Crippen molar-refractivity contribution in [2.24, 2.45) is 5.92 Å². The first-order valence-electron chi connectivity index (χ1n) is 5.42. The first-order valence-corrected chi connectivity index (χ1v) is 5.42. The lowest BCUT2D eigenvalue weighted by atomic mass is 10.0. The fraction of sp³-hybridized carbons (Fsp3) is 1.00. The standard InChI is InChI=1S/C11H24N2/c1-6-13-7-9(2)10(8-13)12-11(3,4)5/h9-10,12H,6-8H2,1-5H3. The summed E-state index contributed by atoms with van der Waals surface area (Å²) < 4.78 is 0. The molecular formula is C11H24N2. The summed E-state index contributed by atoms with van der Waals surface area (Å²) >= 11 is 0. The second-order valence-corrected chi connectivity index (χ2v) is 5.33. The molecule has 1 heterocycles. The van der Waals surface area contributed by atoms with Crippen molar-refractivity contribution in [3.8, 4) is 0 Å². The van der Waals surface area contributed by atoms with Gasteiger partial charge in [-0.3, -0.25) is 0 Å². The maximum absolute atomic E-state index is 3.69. The largest absolute Gasteiger partial charge is 0.308 e. The zero-order valence-corrected chi connectivity index (χ0v) is 9.72. The van der Waals surface area contributed by atoms with Gasteiger partial charge in [0.2, 0.25) is 0 Å². The van der Waals surface area contributed by atoms with Crippen molar-refractivity contribution < 1.29 is 0 Å². The molecule has 0 aromatic heterocycles. The molecule has 0 aromatic carbocycles. The Labute approximate surface area is 82.7 Å². The Bertz CT molecular complexity index is 160. The molecule has 1 N–H and O–H groups in total. The van der Waals surface area contributed by atoms with Crippen molar-refractivity contribution in [2.45, 2.75) is 46.2 Å². The number of hydrogen-bond acceptors (Lipinski definition) is 2. The number of likely N-dealkylation sites (N-methyl/N-ethyl adjacent to an activating group) is 1. The molecule has 0 amide bonds. The summed E-state index contributed by atoms with van der Waals surface area (Å²) in [5.74, 6) is 0.791. The highest BCUT2D eigenvalue weighted by Gasteiger charge is 2.30. The van der Waals surface area contributed by atoms with E-state index in [1.807, 2.05) is 0 Å². The van der Waals surface area contributed by atoms with E-state index in [0.717, 1.165) is 5.92 Å². The van der Waals surface area contributed by atoms with Gasteiger partial charge in [-0.15, -0.1) is 0 Å². The number of nitrogens with one attached hydrogen (secondary N) is 1. The molecule has 2 unspecified atom stereocenters. The zero-order valence-electron chi connectivity index (χ0n) is 9.72. The highest BCUT2D eigenvalue weighted by atomic mass is 15.2. The highest BCUT2D eigenvalue weighted by molar-refractivity contribution is 4.89. The van der Waals surface area contributed by atoms with Gasteiger partial charge in [0.15, 0.2) is 0 Å². The molecule has 78 valence electrons. The maximum atomic E-state index is 3.69. The highest BCUT2D eigenvalue weighted by Crippen LogP contribution is 2.18. The number of nitrogens with zero attached hydrogens (tertiary/aromatic N) is 1. The molecule has 2 nitrogen and oxygen atoms in total. The van der Waals surface area contributed by atoms with Crippen LogP contribution in [0.1, 0.15) is 34.6 Å². The first kappa shape index (κ1) is 11.0. The smallest absolute Gasteiger partial charge is 0.0237 e. The van der Waals surface area contributed by atoms with Gasteiger partial charge in [-0.2, -0.15) is 0 Å². The molecule has 0 radical (unpaired) electrons. The van der Waals surface area contributed by atoms with E-state index in [1.54, 1.807) is 0 Å². The Morgan fingerprint density at radius 2 is 1.92 bits per heavy atom. The van der Waals surface area contributed by atoms with Gasteiger partial charge >= 0.3 is 0 Å². The van der Waals surface area contributed by atoms with Crippen LogP contribution in [0.4, 0.5) is 0 Å². The third-order valence-electron chi connectivity index (χ3n) is 2.75. The zero-order chi connectivity index (χ0) is 10.1. The number of hydrogen-bond donors (Lipinski definition) is 1. The molecule has 2 atom stereocenters. The summed E-state index contributed by atoms with van der Waals surface area (Å²) in [7, 11) is 0. The monoisotopic (exact) mass is 184 g/mol. The van der Waals surface area contributed by atoms with Crippen molar-refractivity contribution in [2.75, 3.05) is 19.6 Å². The molecular weight excluding hydrogens is 160 g/mol. The average molecular weight is 184 g/mol. The molecule has 1 saturated heterocycles. The van der Waals surface area contributed by atoms with Gasteiger partial charge < -0.3 is 10.2 Å². The van der Waals surface area contributed by atoms with Crippen LogP contribution < -0.4 is 5.32 Å². The van der Waals surface area contributed by atoms with Gasteiger partial charge in [0.1, 0.15) is 0 Å². The molecule has 1 fully saturated rings. The molecule has 13 heavy (non-hydrogen) atoms. The SMILES string of the molecule is CCN1CC(C)C(NC(C)(C)C)C1. The Kier molecular flexibility index (Phi) is 3.36. The normalized spacial score (nSPS) is 31.2. The van der Waals surface area contributed by atoms with Crippen LogP contribution in [0.3, 0.4) is 0 Å². The molecule has 0 saturated carbocycles. The summed E-state index contributed by atoms with van der Waals surface area (Å²) in [6, 6.07) is 0.681. The molecule has 0 bridgehead atoms. The lowest BCUT2D eigenvalue weighted by Crippen LogP contribution is -2.47. The number of likely N-dealkylation sites (tertiary alicyclic amines) is 1. The Balaban J connectivity index is 2.44. The van der Waals surface area contributed by atoms with E-state index in [1.165, 1.54) is 19.6 Å². The molecule has 0 aromatic rings. The Hall–Kier alpha value is -0.0800. The minimum Gasteiger partial charge on any atom is -0.308 e. The van der Waals surface area contributed by atoms with Gasteiger partial charge in [-0.25, -0.2) is 0 Å². The lowest BCUT2D eigenvalue weighted by Gasteiger charge is -2.28. The van der Waals surface area contributed by atoms with E-state index in [-0.39, 0.29) is 5.54 Å². The van der Waals surface area contributed by atoms with Gasteiger partial charge in [0.05, 0.1) is 0 Å². The van der Waals surface area contributed by atoms with Crippen LogP contribution >= 0.6 is 0 Å². The van der Waals surface area contributed by atoms with Gasteiger partial charge in [-0.05, 0) is 33.2 Å². The molecule has 0 aliphatic carbocycles. The van der Waals surface area contributed by atoms with Crippen LogP contribution in [0.2, 0.25) is 0 Å². The van der Waals surface area contributed by atoms with E-state index in [9.17, 15) is 0 Å². The van der Waals surface area contributed by atoms with Crippen molar-refractivity contribution in [1.29, 1.82) is 0 Å². The molecule has 0 spiro atoms. The third-order valence-corrected chi connectivity index (χ3v) is 2.75. The van der Waals surface area contributed by atoms with Crippen LogP contribution in [0.5, 0.6) is 0 Å². The van der Waals surface area contributed by atoms with Crippen molar-refractivity contribution in [3.05, 3.63) is 0 Å². The van der Waals surface area contributed by atoms with Crippen LogP contribution in [0.15, 0.2) is 0 Å². The van der Waals surface area contributed by atoms with Crippen LogP contribution in [0, 0.1) is 5.92 Å². The first-order chi connectivity index (χ1) is 5.92. The van der Waals surface area contributed by atoms with Gasteiger partial charge in [-0.1, -0.05) is 13.8 Å². The Morgan fingerprint density at radius 3 is 2.31 bits per heavy atom. The van der Waals surface area contributed by atoms with E-state index in [4.69, 9.17) is 0 Å².